The Labute approximate surface area is 103 Å². The number of hydrogen-bond acceptors (Lipinski definition) is 3. The summed E-state index contributed by atoms with van der Waals surface area (Å²) in [4.78, 5) is 15.4. The number of carbonyl (C=O) groups is 1. The minimum absolute atomic E-state index is 0.0962. The van der Waals surface area contributed by atoms with E-state index in [0.29, 0.717) is 6.42 Å². The van der Waals surface area contributed by atoms with E-state index in [1.54, 1.807) is 7.05 Å². The summed E-state index contributed by atoms with van der Waals surface area (Å²) in [6, 6.07) is 4.07. The molecule has 0 aliphatic heterocycles. The molecule has 0 unspecified atom stereocenters. The summed E-state index contributed by atoms with van der Waals surface area (Å²) in [5, 5.41) is 5.93. The van der Waals surface area contributed by atoms with Crippen molar-refractivity contribution in [3.05, 3.63) is 29.6 Å². The molecule has 1 aromatic heterocycles. The minimum atomic E-state index is 0.0962. The molecular weight excluding hydrogens is 214 g/mol. The molecule has 0 bridgehead atoms. The summed E-state index contributed by atoms with van der Waals surface area (Å²) in [6.45, 7) is 3.75. The molecule has 0 fully saturated rings. The van der Waals surface area contributed by atoms with Crippen molar-refractivity contribution in [2.24, 2.45) is 0 Å². The summed E-state index contributed by atoms with van der Waals surface area (Å²) in [5.41, 5.74) is 2.39. The molecule has 0 radical (unpaired) electrons. The maximum absolute atomic E-state index is 11.0. The fraction of sp³-hybridized carbons (Fsp3) is 0.538. The van der Waals surface area contributed by atoms with Gasteiger partial charge >= 0.3 is 0 Å². The zero-order valence-corrected chi connectivity index (χ0v) is 10.6. The van der Waals surface area contributed by atoms with Gasteiger partial charge < -0.3 is 10.6 Å². The Kier molecular flexibility index (Phi) is 6.25. The molecule has 4 heteroatoms. The van der Waals surface area contributed by atoms with Crippen LogP contribution < -0.4 is 10.6 Å². The number of aryl methyl sites for hydroxylation is 1. The Morgan fingerprint density at radius 3 is 3.00 bits per heavy atom. The quantitative estimate of drug-likeness (QED) is 0.700. The summed E-state index contributed by atoms with van der Waals surface area (Å²) < 4.78 is 0. The van der Waals surface area contributed by atoms with Crippen molar-refractivity contribution < 1.29 is 4.79 Å². The Morgan fingerprint density at radius 1 is 1.47 bits per heavy atom. The molecule has 0 aliphatic carbocycles. The second-order valence-electron chi connectivity index (χ2n) is 3.92. The van der Waals surface area contributed by atoms with Crippen molar-refractivity contribution in [3.63, 3.8) is 0 Å². The van der Waals surface area contributed by atoms with Crippen LogP contribution in [0.1, 0.15) is 31.0 Å². The number of pyridine rings is 1. The van der Waals surface area contributed by atoms with Crippen LogP contribution in [-0.4, -0.2) is 24.5 Å². The van der Waals surface area contributed by atoms with E-state index in [2.05, 4.69) is 28.6 Å². The molecule has 0 saturated carbocycles. The van der Waals surface area contributed by atoms with Gasteiger partial charge in [-0.05, 0) is 31.0 Å². The Hall–Kier alpha value is -1.42. The predicted octanol–water partition coefficient (Wildman–Crippen LogP) is 1.26. The SMILES string of the molecule is CCc1cccnc1CNCCCC(=O)NC. The zero-order valence-electron chi connectivity index (χ0n) is 10.6. The van der Waals surface area contributed by atoms with Crippen molar-refractivity contribution in [1.29, 1.82) is 0 Å². The van der Waals surface area contributed by atoms with Gasteiger partial charge in [0.15, 0.2) is 0 Å². The third-order valence-electron chi connectivity index (χ3n) is 2.69. The van der Waals surface area contributed by atoms with E-state index in [9.17, 15) is 4.79 Å². The number of amides is 1. The van der Waals surface area contributed by atoms with E-state index in [1.807, 2.05) is 12.3 Å². The van der Waals surface area contributed by atoms with Crippen LogP contribution >= 0.6 is 0 Å². The van der Waals surface area contributed by atoms with Crippen LogP contribution in [0.4, 0.5) is 0 Å². The molecule has 0 spiro atoms. The van der Waals surface area contributed by atoms with Crippen LogP contribution in [0.2, 0.25) is 0 Å². The van der Waals surface area contributed by atoms with Gasteiger partial charge in [0, 0.05) is 26.2 Å². The van der Waals surface area contributed by atoms with E-state index in [4.69, 9.17) is 0 Å². The molecule has 2 N–H and O–H groups in total. The number of rotatable bonds is 7. The van der Waals surface area contributed by atoms with E-state index in [-0.39, 0.29) is 5.91 Å². The monoisotopic (exact) mass is 235 g/mol. The van der Waals surface area contributed by atoms with Crippen LogP contribution in [0.5, 0.6) is 0 Å². The van der Waals surface area contributed by atoms with E-state index in [0.717, 1.165) is 31.6 Å². The first kappa shape index (κ1) is 13.6. The van der Waals surface area contributed by atoms with E-state index < -0.39 is 0 Å². The van der Waals surface area contributed by atoms with Crippen molar-refractivity contribution in [2.45, 2.75) is 32.7 Å². The van der Waals surface area contributed by atoms with Crippen LogP contribution in [0.25, 0.3) is 0 Å². The number of aromatic nitrogens is 1. The maximum Gasteiger partial charge on any atom is 0.219 e. The number of nitrogens with zero attached hydrogens (tertiary/aromatic N) is 1. The van der Waals surface area contributed by atoms with Crippen LogP contribution in [0.15, 0.2) is 18.3 Å². The number of nitrogens with one attached hydrogen (secondary N) is 2. The number of carbonyl (C=O) groups excluding carboxylic acids is 1. The minimum Gasteiger partial charge on any atom is -0.359 e. The molecule has 1 amide bonds. The van der Waals surface area contributed by atoms with Gasteiger partial charge in [-0.2, -0.15) is 0 Å². The highest BCUT2D eigenvalue weighted by Gasteiger charge is 2.01. The maximum atomic E-state index is 11.0. The van der Waals surface area contributed by atoms with Gasteiger partial charge in [0.1, 0.15) is 0 Å². The average Bonchev–Trinajstić information content (AvgIpc) is 2.38. The Morgan fingerprint density at radius 2 is 2.29 bits per heavy atom. The molecule has 1 aromatic rings. The standard InChI is InChI=1S/C13H21N3O/c1-3-11-6-4-9-16-12(11)10-15-8-5-7-13(17)14-2/h4,6,9,15H,3,5,7-8,10H2,1-2H3,(H,14,17). The van der Waals surface area contributed by atoms with E-state index >= 15 is 0 Å². The van der Waals surface area contributed by atoms with Gasteiger partial charge in [0.25, 0.3) is 0 Å². The summed E-state index contributed by atoms with van der Waals surface area (Å²) in [5.74, 6) is 0.0962. The van der Waals surface area contributed by atoms with Gasteiger partial charge in [-0.15, -0.1) is 0 Å². The lowest BCUT2D eigenvalue weighted by molar-refractivity contribution is -0.120. The molecular formula is C13H21N3O. The Bertz CT molecular complexity index is 352. The third kappa shape index (κ3) is 4.95. The van der Waals surface area contributed by atoms with Crippen molar-refractivity contribution >= 4 is 5.91 Å². The second-order valence-corrected chi connectivity index (χ2v) is 3.92. The molecule has 0 aromatic carbocycles. The molecule has 17 heavy (non-hydrogen) atoms. The van der Waals surface area contributed by atoms with Crippen LogP contribution in [0, 0.1) is 0 Å². The zero-order chi connectivity index (χ0) is 12.5. The van der Waals surface area contributed by atoms with Gasteiger partial charge in [0.05, 0.1) is 5.69 Å². The summed E-state index contributed by atoms with van der Waals surface area (Å²) in [7, 11) is 1.66. The summed E-state index contributed by atoms with van der Waals surface area (Å²) >= 11 is 0. The first-order valence-electron chi connectivity index (χ1n) is 6.12. The topological polar surface area (TPSA) is 54.0 Å². The highest BCUT2D eigenvalue weighted by molar-refractivity contribution is 5.75. The van der Waals surface area contributed by atoms with Crippen LogP contribution in [0.3, 0.4) is 0 Å². The summed E-state index contributed by atoms with van der Waals surface area (Å²) in [6.07, 6.45) is 4.25. The molecule has 4 nitrogen and oxygen atoms in total. The van der Waals surface area contributed by atoms with Gasteiger partial charge in [-0.25, -0.2) is 0 Å². The molecule has 1 rings (SSSR count). The van der Waals surface area contributed by atoms with Crippen molar-refractivity contribution in [1.82, 2.24) is 15.6 Å². The highest BCUT2D eigenvalue weighted by atomic mass is 16.1. The molecule has 1 heterocycles. The second kappa shape index (κ2) is 7.79. The highest BCUT2D eigenvalue weighted by Crippen LogP contribution is 2.05. The van der Waals surface area contributed by atoms with Gasteiger partial charge in [-0.1, -0.05) is 13.0 Å². The third-order valence-corrected chi connectivity index (χ3v) is 2.69. The first-order chi connectivity index (χ1) is 8.27. The van der Waals surface area contributed by atoms with Crippen molar-refractivity contribution in [3.8, 4) is 0 Å². The fourth-order valence-corrected chi connectivity index (χ4v) is 1.66. The van der Waals surface area contributed by atoms with Crippen LogP contribution in [-0.2, 0) is 17.8 Å². The smallest absolute Gasteiger partial charge is 0.219 e. The van der Waals surface area contributed by atoms with Gasteiger partial charge in [-0.3, -0.25) is 9.78 Å². The molecule has 0 saturated heterocycles. The number of hydrogen-bond donors (Lipinski definition) is 2. The molecule has 0 atom stereocenters. The predicted molar refractivity (Wildman–Crippen MR) is 68.6 cm³/mol. The fourth-order valence-electron chi connectivity index (χ4n) is 1.66. The largest absolute Gasteiger partial charge is 0.359 e. The normalized spacial score (nSPS) is 10.2. The molecule has 0 aliphatic rings. The lowest BCUT2D eigenvalue weighted by Gasteiger charge is -2.07. The lowest BCUT2D eigenvalue weighted by Crippen LogP contribution is -2.21. The molecule has 94 valence electrons. The Balaban J connectivity index is 2.24. The lowest BCUT2D eigenvalue weighted by atomic mass is 10.1. The van der Waals surface area contributed by atoms with Gasteiger partial charge in [0.2, 0.25) is 5.91 Å². The first-order valence-corrected chi connectivity index (χ1v) is 6.12. The average molecular weight is 235 g/mol. The van der Waals surface area contributed by atoms with Crippen molar-refractivity contribution in [2.75, 3.05) is 13.6 Å². The van der Waals surface area contributed by atoms with E-state index in [1.165, 1.54) is 5.56 Å².